The molecule has 0 radical (unpaired) electrons. The molecule has 2 N–H and O–H groups in total. The Bertz CT molecular complexity index is 320. The largest absolute Gasteiger partial charge is 0.396 e. The number of rotatable bonds is 2. The second-order valence-corrected chi connectivity index (χ2v) is 4.81. The minimum absolute atomic E-state index is 0.269. The van der Waals surface area contributed by atoms with E-state index in [1.807, 2.05) is 0 Å². The molecule has 1 aromatic rings. The van der Waals surface area contributed by atoms with Crippen molar-refractivity contribution in [2.45, 2.75) is 44.6 Å². The van der Waals surface area contributed by atoms with Crippen molar-refractivity contribution < 1.29 is 5.11 Å². The maximum absolute atomic E-state index is 9.04. The Labute approximate surface area is 97.7 Å². The zero-order valence-electron chi connectivity index (χ0n) is 9.95. The number of benzene rings is 1. The summed E-state index contributed by atoms with van der Waals surface area (Å²) in [5.41, 5.74) is 2.61. The standard InChI is InChI=1S/C14H21NO/c1-11-3-2-4-13(9-10-16)15-14-7-5-12(11)6-8-14/h5-8,11,13,15-16H,2-4,9-10H2,1H3. The fourth-order valence-electron chi connectivity index (χ4n) is 2.43. The monoisotopic (exact) mass is 219 g/mol. The molecule has 2 unspecified atom stereocenters. The van der Waals surface area contributed by atoms with Gasteiger partial charge in [-0.25, -0.2) is 0 Å². The Hall–Kier alpha value is -1.02. The minimum atomic E-state index is 0.269. The highest BCUT2D eigenvalue weighted by Gasteiger charge is 2.13. The molecular formula is C14H21NO. The number of anilines is 1. The van der Waals surface area contributed by atoms with Crippen LogP contribution >= 0.6 is 0 Å². The maximum Gasteiger partial charge on any atom is 0.0450 e. The number of hydrogen-bond acceptors (Lipinski definition) is 2. The summed E-state index contributed by atoms with van der Waals surface area (Å²) in [6, 6.07) is 9.16. The smallest absolute Gasteiger partial charge is 0.0450 e. The molecule has 2 nitrogen and oxygen atoms in total. The van der Waals surface area contributed by atoms with Gasteiger partial charge < -0.3 is 10.4 Å². The Morgan fingerprint density at radius 3 is 2.69 bits per heavy atom. The number of fused-ring (bicyclic) bond motifs is 7. The van der Waals surface area contributed by atoms with Gasteiger partial charge in [0.1, 0.15) is 0 Å². The topological polar surface area (TPSA) is 32.3 Å². The number of aliphatic hydroxyl groups is 1. The van der Waals surface area contributed by atoms with Crippen molar-refractivity contribution >= 4 is 5.69 Å². The highest BCUT2D eigenvalue weighted by Crippen LogP contribution is 2.26. The molecule has 2 atom stereocenters. The molecule has 3 rings (SSSR count). The second kappa shape index (κ2) is 5.35. The number of aliphatic hydroxyl groups excluding tert-OH is 1. The van der Waals surface area contributed by atoms with Crippen molar-refractivity contribution in [3.63, 3.8) is 0 Å². The van der Waals surface area contributed by atoms with E-state index in [4.69, 9.17) is 5.11 Å². The van der Waals surface area contributed by atoms with Crippen LogP contribution in [0.5, 0.6) is 0 Å². The molecule has 0 aromatic heterocycles. The first kappa shape index (κ1) is 11.5. The van der Waals surface area contributed by atoms with Crippen LogP contribution in [0.4, 0.5) is 5.69 Å². The minimum Gasteiger partial charge on any atom is -0.396 e. The molecule has 2 bridgehead atoms. The molecule has 2 heteroatoms. The van der Waals surface area contributed by atoms with Gasteiger partial charge >= 0.3 is 0 Å². The van der Waals surface area contributed by atoms with Crippen LogP contribution in [0.1, 0.15) is 44.1 Å². The zero-order valence-corrected chi connectivity index (χ0v) is 9.95. The van der Waals surface area contributed by atoms with Crippen molar-refractivity contribution in [3.05, 3.63) is 29.8 Å². The first-order valence-corrected chi connectivity index (χ1v) is 6.27. The third kappa shape index (κ3) is 2.76. The van der Waals surface area contributed by atoms with E-state index < -0.39 is 0 Å². The normalized spacial score (nSPS) is 25.1. The molecule has 1 aromatic carbocycles. The lowest BCUT2D eigenvalue weighted by atomic mass is 9.92. The van der Waals surface area contributed by atoms with Crippen LogP contribution in [0.15, 0.2) is 24.3 Å². The van der Waals surface area contributed by atoms with Crippen LogP contribution in [0.3, 0.4) is 0 Å². The van der Waals surface area contributed by atoms with Crippen LogP contribution in [-0.4, -0.2) is 17.8 Å². The molecule has 0 fully saturated rings. The second-order valence-electron chi connectivity index (χ2n) is 4.81. The van der Waals surface area contributed by atoms with E-state index in [1.165, 1.54) is 24.1 Å². The van der Waals surface area contributed by atoms with Gasteiger partial charge in [0.25, 0.3) is 0 Å². The summed E-state index contributed by atoms with van der Waals surface area (Å²) >= 11 is 0. The van der Waals surface area contributed by atoms with Crippen molar-refractivity contribution in [1.29, 1.82) is 0 Å². The van der Waals surface area contributed by atoms with Gasteiger partial charge in [0.2, 0.25) is 0 Å². The molecule has 88 valence electrons. The number of nitrogens with one attached hydrogen (secondary N) is 1. The molecule has 0 aliphatic carbocycles. The summed E-state index contributed by atoms with van der Waals surface area (Å²) in [5.74, 6) is 0.655. The van der Waals surface area contributed by atoms with E-state index in [0.717, 1.165) is 12.8 Å². The van der Waals surface area contributed by atoms with E-state index in [1.54, 1.807) is 0 Å². The van der Waals surface area contributed by atoms with Crippen LogP contribution in [0.25, 0.3) is 0 Å². The average molecular weight is 219 g/mol. The Balaban J connectivity index is 2.15. The number of hydrogen-bond donors (Lipinski definition) is 2. The van der Waals surface area contributed by atoms with Crippen molar-refractivity contribution in [3.8, 4) is 0 Å². The summed E-state index contributed by atoms with van der Waals surface area (Å²) in [7, 11) is 0. The van der Waals surface area contributed by atoms with Gasteiger partial charge in [0.05, 0.1) is 0 Å². The van der Waals surface area contributed by atoms with E-state index in [9.17, 15) is 0 Å². The van der Waals surface area contributed by atoms with Crippen molar-refractivity contribution in [1.82, 2.24) is 0 Å². The van der Waals surface area contributed by atoms with Crippen molar-refractivity contribution in [2.75, 3.05) is 11.9 Å². The quantitative estimate of drug-likeness (QED) is 0.801. The van der Waals surface area contributed by atoms with Gasteiger partial charge in [-0.1, -0.05) is 25.5 Å². The summed E-state index contributed by atoms with van der Waals surface area (Å²) in [4.78, 5) is 0. The van der Waals surface area contributed by atoms with E-state index in [0.29, 0.717) is 12.0 Å². The molecular weight excluding hydrogens is 198 g/mol. The Kier molecular flexibility index (Phi) is 3.83. The highest BCUT2D eigenvalue weighted by atomic mass is 16.3. The van der Waals surface area contributed by atoms with Gasteiger partial charge in [0.15, 0.2) is 0 Å². The van der Waals surface area contributed by atoms with Crippen LogP contribution in [0, 0.1) is 0 Å². The molecule has 16 heavy (non-hydrogen) atoms. The first-order chi connectivity index (χ1) is 7.79. The van der Waals surface area contributed by atoms with Crippen LogP contribution in [-0.2, 0) is 0 Å². The molecule has 0 spiro atoms. The van der Waals surface area contributed by atoms with Crippen LogP contribution in [0.2, 0.25) is 0 Å². The predicted octanol–water partition coefficient (Wildman–Crippen LogP) is 3.14. The third-order valence-electron chi connectivity index (χ3n) is 3.52. The lowest BCUT2D eigenvalue weighted by Crippen LogP contribution is -2.21. The zero-order chi connectivity index (χ0) is 11.4. The predicted molar refractivity (Wildman–Crippen MR) is 67.8 cm³/mol. The highest BCUT2D eigenvalue weighted by molar-refractivity contribution is 5.46. The van der Waals surface area contributed by atoms with E-state index in [2.05, 4.69) is 36.5 Å². The van der Waals surface area contributed by atoms with E-state index in [-0.39, 0.29) is 6.61 Å². The Morgan fingerprint density at radius 2 is 2.00 bits per heavy atom. The van der Waals surface area contributed by atoms with Gasteiger partial charge in [0, 0.05) is 18.3 Å². The molecule has 0 amide bonds. The average Bonchev–Trinajstić information content (AvgIpc) is 2.30. The first-order valence-electron chi connectivity index (χ1n) is 6.27. The lowest BCUT2D eigenvalue weighted by Gasteiger charge is -2.23. The molecule has 2 aliphatic heterocycles. The summed E-state index contributed by atoms with van der Waals surface area (Å²) < 4.78 is 0. The SMILES string of the molecule is CC1CCCC(CCO)Nc2ccc1cc2. The Morgan fingerprint density at radius 1 is 1.25 bits per heavy atom. The van der Waals surface area contributed by atoms with E-state index >= 15 is 0 Å². The van der Waals surface area contributed by atoms with Crippen LogP contribution < -0.4 is 5.32 Å². The van der Waals surface area contributed by atoms with Gasteiger partial charge in [-0.2, -0.15) is 0 Å². The van der Waals surface area contributed by atoms with Gasteiger partial charge in [-0.05, 0) is 42.9 Å². The maximum atomic E-state index is 9.04. The van der Waals surface area contributed by atoms with Gasteiger partial charge in [-0.3, -0.25) is 0 Å². The molecule has 0 saturated carbocycles. The molecule has 2 aliphatic rings. The third-order valence-corrected chi connectivity index (χ3v) is 3.52. The summed E-state index contributed by atoms with van der Waals surface area (Å²) in [5, 5.41) is 12.5. The molecule has 0 saturated heterocycles. The fraction of sp³-hybridized carbons (Fsp3) is 0.571. The lowest BCUT2D eigenvalue weighted by molar-refractivity contribution is 0.275. The fourth-order valence-corrected chi connectivity index (χ4v) is 2.43. The molecule has 2 heterocycles. The summed E-state index contributed by atoms with van der Waals surface area (Å²) in [6.45, 7) is 2.57. The van der Waals surface area contributed by atoms with Crippen molar-refractivity contribution in [2.24, 2.45) is 0 Å². The van der Waals surface area contributed by atoms with Gasteiger partial charge in [-0.15, -0.1) is 0 Å². The summed E-state index contributed by atoms with van der Waals surface area (Å²) in [6.07, 6.45) is 4.47.